The molecule has 0 saturated heterocycles. The zero-order valence-electron chi connectivity index (χ0n) is 8.04. The van der Waals surface area contributed by atoms with E-state index in [0.29, 0.717) is 0 Å². The molecule has 0 spiro atoms. The molecule has 0 bridgehead atoms. The molecule has 5 N–H and O–H groups in total. The van der Waals surface area contributed by atoms with Gasteiger partial charge in [-0.25, -0.2) is 15.2 Å². The number of carbonyl (C=O) groups excluding carboxylic acids is 1. The molecule has 0 fully saturated rings. The van der Waals surface area contributed by atoms with Crippen molar-refractivity contribution in [1.82, 2.24) is 15.3 Å². The number of hydrazine groups is 1. The molecule has 1 aromatic rings. The normalized spacial score (nSPS) is 9.53. The number of nitrogens with zero attached hydrogens (tertiary/aromatic N) is 2. The van der Waals surface area contributed by atoms with E-state index in [1.54, 1.807) is 0 Å². The van der Waals surface area contributed by atoms with Crippen LogP contribution in [-0.2, 0) is 4.79 Å². The lowest BCUT2D eigenvalue weighted by Crippen LogP contribution is -2.27. The second kappa shape index (κ2) is 5.05. The maximum atomic E-state index is 13.1. The minimum absolute atomic E-state index is 0.0656. The number of hydrogen-bond donors (Lipinski definition) is 4. The summed E-state index contributed by atoms with van der Waals surface area (Å²) in [4.78, 5) is 18.1. The first-order valence-corrected chi connectivity index (χ1v) is 4.11. The molecule has 0 aliphatic carbocycles. The largest absolute Gasteiger partial charge is 0.358 e. The third-order valence-electron chi connectivity index (χ3n) is 1.57. The van der Waals surface area contributed by atoms with Crippen LogP contribution in [0, 0.1) is 5.82 Å². The highest BCUT2D eigenvalue weighted by Crippen LogP contribution is 2.10. The summed E-state index contributed by atoms with van der Waals surface area (Å²) in [6, 6.07) is 0. The maximum absolute atomic E-state index is 13.1. The fraction of sp³-hybridized carbons (Fsp3) is 0.286. The van der Waals surface area contributed by atoms with Crippen LogP contribution in [0.2, 0.25) is 0 Å². The summed E-state index contributed by atoms with van der Waals surface area (Å²) in [6.45, 7) is -0.0750. The van der Waals surface area contributed by atoms with Crippen LogP contribution in [0.15, 0.2) is 6.20 Å². The molecular formula is C7H11FN6O. The van der Waals surface area contributed by atoms with E-state index in [4.69, 9.17) is 5.84 Å². The average molecular weight is 214 g/mol. The van der Waals surface area contributed by atoms with Gasteiger partial charge in [-0.15, -0.1) is 0 Å². The molecule has 0 unspecified atom stereocenters. The minimum Gasteiger partial charge on any atom is -0.358 e. The quantitative estimate of drug-likeness (QED) is 0.381. The Hall–Kier alpha value is -1.96. The fourth-order valence-electron chi connectivity index (χ4n) is 0.813. The summed E-state index contributed by atoms with van der Waals surface area (Å²) in [5, 5.41) is 4.88. The van der Waals surface area contributed by atoms with E-state index >= 15 is 0 Å². The first-order chi connectivity index (χ1) is 7.17. The van der Waals surface area contributed by atoms with Gasteiger partial charge < -0.3 is 10.6 Å². The Morgan fingerprint density at radius 3 is 3.00 bits per heavy atom. The van der Waals surface area contributed by atoms with Crippen molar-refractivity contribution >= 4 is 17.7 Å². The SMILES string of the molecule is CNC(=O)CNc1nc(NN)ncc1F. The van der Waals surface area contributed by atoms with Crippen molar-refractivity contribution in [1.29, 1.82) is 0 Å². The van der Waals surface area contributed by atoms with Crippen molar-refractivity contribution in [3.63, 3.8) is 0 Å². The second-order valence-electron chi connectivity index (χ2n) is 2.56. The molecule has 1 rings (SSSR count). The molecule has 0 aliphatic heterocycles. The van der Waals surface area contributed by atoms with Gasteiger partial charge in [0.15, 0.2) is 11.6 Å². The van der Waals surface area contributed by atoms with Gasteiger partial charge in [-0.1, -0.05) is 0 Å². The van der Waals surface area contributed by atoms with Crippen LogP contribution in [-0.4, -0.2) is 29.5 Å². The van der Waals surface area contributed by atoms with Gasteiger partial charge in [-0.3, -0.25) is 10.2 Å². The number of amides is 1. The number of carbonyl (C=O) groups is 1. The summed E-state index contributed by atoms with van der Waals surface area (Å²) in [6.07, 6.45) is 0.953. The summed E-state index contributed by atoms with van der Waals surface area (Å²) in [5.41, 5.74) is 2.17. The van der Waals surface area contributed by atoms with Crippen LogP contribution in [0.25, 0.3) is 0 Å². The first kappa shape index (κ1) is 11.1. The molecule has 82 valence electrons. The van der Waals surface area contributed by atoms with E-state index in [0.717, 1.165) is 6.20 Å². The highest BCUT2D eigenvalue weighted by atomic mass is 19.1. The van der Waals surface area contributed by atoms with E-state index in [-0.39, 0.29) is 24.2 Å². The molecule has 1 amide bonds. The van der Waals surface area contributed by atoms with Crippen LogP contribution < -0.4 is 21.9 Å². The topological polar surface area (TPSA) is 105 Å². The average Bonchev–Trinajstić information content (AvgIpc) is 2.27. The van der Waals surface area contributed by atoms with E-state index in [9.17, 15) is 9.18 Å². The predicted molar refractivity (Wildman–Crippen MR) is 52.4 cm³/mol. The van der Waals surface area contributed by atoms with Crippen molar-refractivity contribution in [3.8, 4) is 0 Å². The molecular weight excluding hydrogens is 203 g/mol. The highest BCUT2D eigenvalue weighted by molar-refractivity contribution is 5.80. The summed E-state index contributed by atoms with van der Waals surface area (Å²) >= 11 is 0. The highest BCUT2D eigenvalue weighted by Gasteiger charge is 2.07. The second-order valence-corrected chi connectivity index (χ2v) is 2.56. The molecule has 7 nitrogen and oxygen atoms in total. The Morgan fingerprint density at radius 1 is 1.67 bits per heavy atom. The van der Waals surface area contributed by atoms with E-state index in [1.165, 1.54) is 7.05 Å². The number of nitrogens with two attached hydrogens (primary N) is 1. The van der Waals surface area contributed by atoms with Gasteiger partial charge in [-0.2, -0.15) is 4.98 Å². The van der Waals surface area contributed by atoms with Crippen LogP contribution in [0.4, 0.5) is 16.2 Å². The zero-order valence-corrected chi connectivity index (χ0v) is 8.04. The van der Waals surface area contributed by atoms with Gasteiger partial charge in [0, 0.05) is 7.05 Å². The fourth-order valence-corrected chi connectivity index (χ4v) is 0.813. The number of nitrogens with one attached hydrogen (secondary N) is 3. The number of rotatable bonds is 4. The maximum Gasteiger partial charge on any atom is 0.239 e. The molecule has 8 heteroatoms. The molecule has 1 heterocycles. The van der Waals surface area contributed by atoms with Gasteiger partial charge in [0.1, 0.15) is 0 Å². The minimum atomic E-state index is -0.655. The summed E-state index contributed by atoms with van der Waals surface area (Å²) in [7, 11) is 1.48. The van der Waals surface area contributed by atoms with Crippen molar-refractivity contribution in [3.05, 3.63) is 12.0 Å². The van der Waals surface area contributed by atoms with Crippen molar-refractivity contribution in [2.24, 2.45) is 5.84 Å². The number of aromatic nitrogens is 2. The van der Waals surface area contributed by atoms with Crippen molar-refractivity contribution < 1.29 is 9.18 Å². The van der Waals surface area contributed by atoms with Crippen molar-refractivity contribution in [2.75, 3.05) is 24.3 Å². The first-order valence-electron chi connectivity index (χ1n) is 4.11. The van der Waals surface area contributed by atoms with Crippen LogP contribution in [0.5, 0.6) is 0 Å². The standard InChI is InChI=1S/C7H11FN6O/c1-10-5(15)3-11-6-4(8)2-12-7(13-6)14-9/h2H,3,9H2,1H3,(H,10,15)(H2,11,12,13,14). The van der Waals surface area contributed by atoms with E-state index < -0.39 is 5.82 Å². The molecule has 1 aromatic heterocycles. The number of halogens is 1. The Kier molecular flexibility index (Phi) is 3.75. The van der Waals surface area contributed by atoms with Crippen LogP contribution in [0.3, 0.4) is 0 Å². The third-order valence-corrected chi connectivity index (χ3v) is 1.57. The lowest BCUT2D eigenvalue weighted by atomic mass is 10.5. The lowest BCUT2D eigenvalue weighted by molar-refractivity contribution is -0.118. The number of nitrogen functional groups attached to an aromatic ring is 1. The van der Waals surface area contributed by atoms with Crippen molar-refractivity contribution in [2.45, 2.75) is 0 Å². The Labute approximate surface area is 85.3 Å². The molecule has 0 aliphatic rings. The predicted octanol–water partition coefficient (Wildman–Crippen LogP) is -0.941. The van der Waals surface area contributed by atoms with Gasteiger partial charge in [0.2, 0.25) is 11.9 Å². The Bertz CT molecular complexity index is 357. The third kappa shape index (κ3) is 3.02. The van der Waals surface area contributed by atoms with Gasteiger partial charge in [0.05, 0.1) is 12.7 Å². The zero-order chi connectivity index (χ0) is 11.3. The molecule has 15 heavy (non-hydrogen) atoms. The molecule has 0 radical (unpaired) electrons. The summed E-state index contributed by atoms with van der Waals surface area (Å²) < 4.78 is 13.1. The number of anilines is 2. The van der Waals surface area contributed by atoms with Gasteiger partial charge in [-0.05, 0) is 0 Å². The van der Waals surface area contributed by atoms with E-state index in [2.05, 4.69) is 26.0 Å². The van der Waals surface area contributed by atoms with Gasteiger partial charge >= 0.3 is 0 Å². The molecule has 0 saturated carbocycles. The number of hydrogen-bond acceptors (Lipinski definition) is 6. The summed E-state index contributed by atoms with van der Waals surface area (Å²) in [5.74, 6) is 4.09. The Morgan fingerprint density at radius 2 is 2.40 bits per heavy atom. The monoisotopic (exact) mass is 214 g/mol. The Balaban J connectivity index is 2.70. The van der Waals surface area contributed by atoms with Gasteiger partial charge in [0.25, 0.3) is 0 Å². The molecule has 0 aromatic carbocycles. The van der Waals surface area contributed by atoms with Crippen LogP contribution >= 0.6 is 0 Å². The molecule has 0 atom stereocenters. The lowest BCUT2D eigenvalue weighted by Gasteiger charge is -2.06. The smallest absolute Gasteiger partial charge is 0.239 e. The van der Waals surface area contributed by atoms with Crippen LogP contribution in [0.1, 0.15) is 0 Å². The van der Waals surface area contributed by atoms with E-state index in [1.807, 2.05) is 0 Å². The number of likely N-dealkylation sites (N-methyl/N-ethyl adjacent to an activating group) is 1.